The van der Waals surface area contributed by atoms with Crippen molar-refractivity contribution in [3.8, 4) is 11.3 Å². The lowest BCUT2D eigenvalue weighted by Gasteiger charge is -2.09. The third kappa shape index (κ3) is 5.58. The molecule has 0 spiro atoms. The van der Waals surface area contributed by atoms with E-state index in [-0.39, 0.29) is 5.78 Å². The van der Waals surface area contributed by atoms with Crippen molar-refractivity contribution in [1.82, 2.24) is 15.0 Å². The second kappa shape index (κ2) is 8.73. The molecular weight excluding hydrogens is 286 g/mol. The van der Waals surface area contributed by atoms with Crippen molar-refractivity contribution in [2.45, 2.75) is 34.6 Å². The number of aromatic nitrogens is 3. The Morgan fingerprint density at radius 2 is 1.74 bits per heavy atom. The highest BCUT2D eigenvalue weighted by molar-refractivity contribution is 5.99. The summed E-state index contributed by atoms with van der Waals surface area (Å²) >= 11 is 0. The zero-order valence-corrected chi connectivity index (χ0v) is 14.4. The third-order valence-electron chi connectivity index (χ3n) is 2.79. The number of carbonyl (C=O) groups excluding carboxylic acids is 1. The fraction of sp³-hybridized carbons (Fsp3) is 0.263. The largest absolute Gasteiger partial charge is 0.294 e. The molecule has 23 heavy (non-hydrogen) atoms. The van der Waals surface area contributed by atoms with Crippen LogP contribution in [0.25, 0.3) is 17.3 Å². The van der Waals surface area contributed by atoms with Crippen LogP contribution in [0.2, 0.25) is 0 Å². The lowest BCUT2D eigenvalue weighted by Crippen LogP contribution is -2.03. The first-order valence-corrected chi connectivity index (χ1v) is 7.39. The number of allylic oxidation sites excluding steroid dienone is 2. The van der Waals surface area contributed by atoms with Crippen LogP contribution >= 0.6 is 0 Å². The summed E-state index contributed by atoms with van der Waals surface area (Å²) in [5.41, 5.74) is 5.05. The van der Waals surface area contributed by atoms with Crippen molar-refractivity contribution in [2.75, 3.05) is 0 Å². The number of hydrogen-bond acceptors (Lipinski definition) is 4. The Hall–Kier alpha value is -2.62. The maximum Gasteiger partial charge on any atom is 0.162 e. The maximum atomic E-state index is 11.7. The summed E-state index contributed by atoms with van der Waals surface area (Å²) in [6, 6.07) is 1.89. The van der Waals surface area contributed by atoms with Gasteiger partial charge in [0.15, 0.2) is 5.78 Å². The van der Waals surface area contributed by atoms with Crippen LogP contribution in [0, 0.1) is 6.92 Å². The molecule has 0 atom stereocenters. The fourth-order valence-corrected chi connectivity index (χ4v) is 2.05. The Balaban J connectivity index is 0.000000593. The molecule has 0 saturated carbocycles. The van der Waals surface area contributed by atoms with E-state index in [1.807, 2.05) is 45.9 Å². The van der Waals surface area contributed by atoms with Crippen LogP contribution in [0.1, 0.15) is 49.3 Å². The van der Waals surface area contributed by atoms with Crippen LogP contribution in [0.5, 0.6) is 0 Å². The fourth-order valence-electron chi connectivity index (χ4n) is 2.05. The van der Waals surface area contributed by atoms with Gasteiger partial charge in [0.1, 0.15) is 6.33 Å². The normalized spacial score (nSPS) is 10.1. The third-order valence-corrected chi connectivity index (χ3v) is 2.79. The number of aryl methyl sites for hydroxylation is 1. The average Bonchev–Trinajstić information content (AvgIpc) is 2.47. The zero-order chi connectivity index (χ0) is 17.4. The summed E-state index contributed by atoms with van der Waals surface area (Å²) in [5, 5.41) is 0. The monoisotopic (exact) mass is 309 g/mol. The minimum absolute atomic E-state index is 0.0222. The summed E-state index contributed by atoms with van der Waals surface area (Å²) in [6.07, 6.45) is 8.72. The molecule has 0 aliphatic heterocycles. The van der Waals surface area contributed by atoms with Gasteiger partial charge in [-0.2, -0.15) is 0 Å². The summed E-state index contributed by atoms with van der Waals surface area (Å²) in [4.78, 5) is 24.2. The van der Waals surface area contributed by atoms with Crippen molar-refractivity contribution >= 4 is 11.9 Å². The molecule has 4 heteroatoms. The van der Waals surface area contributed by atoms with Crippen molar-refractivity contribution in [3.05, 3.63) is 59.8 Å². The Kier molecular flexibility index (Phi) is 7.00. The van der Waals surface area contributed by atoms with Gasteiger partial charge in [-0.1, -0.05) is 17.7 Å². The first kappa shape index (κ1) is 18.4. The minimum Gasteiger partial charge on any atom is -0.294 e. The summed E-state index contributed by atoms with van der Waals surface area (Å²) in [5.74, 6) is 0.0222. The SMILES string of the molecule is C/C=C\c1cc(-c2cncnc2)nc(C)c1C(C)=O.C=C(C)C. The van der Waals surface area contributed by atoms with Gasteiger partial charge in [-0.3, -0.25) is 9.78 Å². The quantitative estimate of drug-likeness (QED) is 0.611. The molecule has 2 rings (SSSR count). The Morgan fingerprint density at radius 3 is 2.22 bits per heavy atom. The van der Waals surface area contributed by atoms with Crippen LogP contribution in [0.3, 0.4) is 0 Å². The zero-order valence-electron chi connectivity index (χ0n) is 14.4. The molecule has 0 fully saturated rings. The van der Waals surface area contributed by atoms with E-state index in [4.69, 9.17) is 0 Å². The van der Waals surface area contributed by atoms with Crippen LogP contribution in [0.15, 0.2) is 43.0 Å². The number of rotatable bonds is 3. The number of nitrogens with zero attached hydrogens (tertiary/aromatic N) is 3. The van der Waals surface area contributed by atoms with E-state index < -0.39 is 0 Å². The van der Waals surface area contributed by atoms with Gasteiger partial charge in [-0.05, 0) is 46.2 Å². The molecule has 2 aromatic heterocycles. The van der Waals surface area contributed by atoms with Gasteiger partial charge in [-0.15, -0.1) is 6.58 Å². The summed E-state index contributed by atoms with van der Waals surface area (Å²) < 4.78 is 0. The summed E-state index contributed by atoms with van der Waals surface area (Å²) in [7, 11) is 0. The Morgan fingerprint density at radius 1 is 1.17 bits per heavy atom. The molecule has 0 N–H and O–H groups in total. The highest BCUT2D eigenvalue weighted by Crippen LogP contribution is 2.23. The molecule has 0 bridgehead atoms. The predicted molar refractivity (Wildman–Crippen MR) is 95.2 cm³/mol. The van der Waals surface area contributed by atoms with E-state index in [2.05, 4.69) is 21.5 Å². The average molecular weight is 309 g/mol. The molecular formula is C19H23N3O. The molecule has 2 aromatic rings. The van der Waals surface area contributed by atoms with Crippen molar-refractivity contribution in [3.63, 3.8) is 0 Å². The van der Waals surface area contributed by atoms with Gasteiger partial charge in [0.25, 0.3) is 0 Å². The summed E-state index contributed by atoms with van der Waals surface area (Å²) in [6.45, 7) is 12.8. The van der Waals surface area contributed by atoms with Crippen LogP contribution in [-0.2, 0) is 0 Å². The first-order chi connectivity index (χ1) is 10.9. The lowest BCUT2D eigenvalue weighted by atomic mass is 10.0. The molecule has 0 aliphatic rings. The van der Waals surface area contributed by atoms with Crippen molar-refractivity contribution in [2.24, 2.45) is 0 Å². The predicted octanol–water partition coefficient (Wildman–Crippen LogP) is 4.67. The Bertz CT molecular complexity index is 715. The molecule has 0 unspecified atom stereocenters. The van der Waals surface area contributed by atoms with Gasteiger partial charge in [0.2, 0.25) is 0 Å². The first-order valence-electron chi connectivity index (χ1n) is 7.39. The smallest absolute Gasteiger partial charge is 0.162 e. The highest BCUT2D eigenvalue weighted by Gasteiger charge is 2.13. The van der Waals surface area contributed by atoms with Gasteiger partial charge >= 0.3 is 0 Å². The molecule has 2 heterocycles. The van der Waals surface area contributed by atoms with E-state index in [0.717, 1.165) is 22.5 Å². The molecule has 0 amide bonds. The van der Waals surface area contributed by atoms with Gasteiger partial charge < -0.3 is 0 Å². The molecule has 120 valence electrons. The van der Waals surface area contributed by atoms with Crippen LogP contribution in [-0.4, -0.2) is 20.7 Å². The van der Waals surface area contributed by atoms with Crippen LogP contribution in [0.4, 0.5) is 0 Å². The molecule has 0 aliphatic carbocycles. The standard InChI is InChI=1S/C15H15N3O.C4H8/c1-4-5-12-6-14(13-7-16-9-17-8-13)18-10(2)15(12)11(3)19;1-4(2)3/h4-9H,1-3H3;1H2,2-3H3/b5-4-;. The minimum atomic E-state index is 0.0222. The van der Waals surface area contributed by atoms with Crippen LogP contribution < -0.4 is 0 Å². The molecule has 4 nitrogen and oxygen atoms in total. The van der Waals surface area contributed by atoms with Crippen molar-refractivity contribution in [1.29, 1.82) is 0 Å². The maximum absolute atomic E-state index is 11.7. The second-order valence-corrected chi connectivity index (χ2v) is 5.45. The number of Topliss-reactive ketones (excluding diaryl/α,β-unsaturated/α-hetero) is 1. The van der Waals surface area contributed by atoms with E-state index in [1.54, 1.807) is 19.3 Å². The number of hydrogen-bond donors (Lipinski definition) is 0. The van der Waals surface area contributed by atoms with E-state index in [0.29, 0.717) is 5.56 Å². The topological polar surface area (TPSA) is 55.7 Å². The highest BCUT2D eigenvalue weighted by atomic mass is 16.1. The van der Waals surface area contributed by atoms with E-state index in [1.165, 1.54) is 11.9 Å². The van der Waals surface area contributed by atoms with E-state index in [9.17, 15) is 4.79 Å². The second-order valence-electron chi connectivity index (χ2n) is 5.45. The van der Waals surface area contributed by atoms with Gasteiger partial charge in [0, 0.05) is 29.2 Å². The van der Waals surface area contributed by atoms with E-state index >= 15 is 0 Å². The van der Waals surface area contributed by atoms with Gasteiger partial charge in [0.05, 0.1) is 5.69 Å². The lowest BCUT2D eigenvalue weighted by molar-refractivity contribution is 0.101. The van der Waals surface area contributed by atoms with Crippen molar-refractivity contribution < 1.29 is 4.79 Å². The number of pyridine rings is 1. The number of carbonyl (C=O) groups is 1. The molecule has 0 saturated heterocycles. The molecule has 0 radical (unpaired) electrons. The molecule has 0 aromatic carbocycles. The Labute approximate surface area is 138 Å². The van der Waals surface area contributed by atoms with Gasteiger partial charge in [-0.25, -0.2) is 9.97 Å². The number of ketones is 1.